The van der Waals surface area contributed by atoms with Crippen molar-refractivity contribution in [3.05, 3.63) is 0 Å². The van der Waals surface area contributed by atoms with Crippen molar-refractivity contribution in [2.24, 2.45) is 5.92 Å². The van der Waals surface area contributed by atoms with Gasteiger partial charge in [-0.1, -0.05) is 31.9 Å². The highest BCUT2D eigenvalue weighted by atomic mass is 79.9. The average molecular weight is 311 g/mol. The van der Waals surface area contributed by atoms with Crippen LogP contribution in [0.25, 0.3) is 0 Å². The molecular formula is C5H2Br2F3O2. The molecule has 7 heteroatoms. The molecule has 0 amide bonds. The number of carbonyl (C=O) groups excluding carboxylic acids is 2. The normalized spacial score (nSPS) is 14.5. The summed E-state index contributed by atoms with van der Waals surface area (Å²) in [6.45, 7) is 0. The van der Waals surface area contributed by atoms with Crippen molar-refractivity contribution >= 4 is 43.9 Å². The van der Waals surface area contributed by atoms with Gasteiger partial charge in [-0.15, -0.1) is 0 Å². The van der Waals surface area contributed by atoms with Gasteiger partial charge in [0, 0.05) is 0 Å². The molecule has 0 saturated heterocycles. The second-order valence-electron chi connectivity index (χ2n) is 1.80. The first-order valence-corrected chi connectivity index (χ1v) is 4.40. The molecule has 2 nitrogen and oxygen atoms in total. The Bertz CT molecular complexity index is 190. The molecule has 0 bridgehead atoms. The maximum atomic E-state index is 11.8. The van der Waals surface area contributed by atoms with Crippen molar-refractivity contribution < 1.29 is 22.8 Å². The lowest BCUT2D eigenvalue weighted by Crippen LogP contribution is -2.34. The van der Waals surface area contributed by atoms with Crippen LogP contribution in [0.5, 0.6) is 0 Å². The highest BCUT2D eigenvalue weighted by Gasteiger charge is 2.46. The number of carbonyl (C=O) groups is 1. The van der Waals surface area contributed by atoms with E-state index in [-0.39, 0.29) is 0 Å². The van der Waals surface area contributed by atoms with Crippen LogP contribution in [0.15, 0.2) is 0 Å². The Kier molecular flexibility index (Phi) is 4.39. The van der Waals surface area contributed by atoms with Gasteiger partial charge in [-0.3, -0.25) is 9.59 Å². The Balaban J connectivity index is 4.58. The van der Waals surface area contributed by atoms with Crippen LogP contribution in [-0.2, 0) is 9.59 Å². The third kappa shape index (κ3) is 3.22. The van der Waals surface area contributed by atoms with E-state index in [4.69, 9.17) is 0 Å². The van der Waals surface area contributed by atoms with Crippen LogP contribution < -0.4 is 0 Å². The Morgan fingerprint density at radius 2 is 1.75 bits per heavy atom. The van der Waals surface area contributed by atoms with Crippen molar-refractivity contribution in [1.82, 2.24) is 0 Å². The fourth-order valence-electron chi connectivity index (χ4n) is 0.412. The molecule has 0 aromatic heterocycles. The van der Waals surface area contributed by atoms with Crippen molar-refractivity contribution in [3.8, 4) is 0 Å². The molecule has 0 aliphatic heterocycles. The van der Waals surface area contributed by atoms with E-state index in [1.54, 1.807) is 0 Å². The van der Waals surface area contributed by atoms with Gasteiger partial charge in [0.05, 0.1) is 0 Å². The first kappa shape index (κ1) is 12.1. The predicted molar refractivity (Wildman–Crippen MR) is 41.9 cm³/mol. The molecule has 0 heterocycles. The van der Waals surface area contributed by atoms with Gasteiger partial charge in [-0.2, -0.15) is 13.2 Å². The van der Waals surface area contributed by atoms with E-state index in [9.17, 15) is 22.8 Å². The SMILES string of the molecule is O=[C]C(C(=O)C(Br)Br)C(F)(F)F. The van der Waals surface area contributed by atoms with Crippen molar-refractivity contribution in [2.75, 3.05) is 0 Å². The van der Waals surface area contributed by atoms with E-state index in [2.05, 4.69) is 31.9 Å². The molecule has 12 heavy (non-hydrogen) atoms. The van der Waals surface area contributed by atoms with Gasteiger partial charge in [0.25, 0.3) is 0 Å². The van der Waals surface area contributed by atoms with E-state index in [0.717, 1.165) is 0 Å². The molecule has 69 valence electrons. The molecule has 0 aliphatic carbocycles. The van der Waals surface area contributed by atoms with Crippen LogP contribution in [0, 0.1) is 5.92 Å². The third-order valence-corrected chi connectivity index (χ3v) is 1.85. The van der Waals surface area contributed by atoms with Crippen molar-refractivity contribution in [1.29, 1.82) is 0 Å². The van der Waals surface area contributed by atoms with Crippen LogP contribution in [-0.4, -0.2) is 22.0 Å². The van der Waals surface area contributed by atoms with Gasteiger partial charge in [-0.25, -0.2) is 0 Å². The van der Waals surface area contributed by atoms with Crippen LogP contribution in [0.1, 0.15) is 0 Å². The standard InChI is InChI=1S/C5H2Br2F3O2/c6-4(7)3(12)2(1-11)5(8,9)10/h2,4H. The zero-order valence-corrected chi connectivity index (χ0v) is 8.53. The zero-order chi connectivity index (χ0) is 9.94. The fourth-order valence-corrected chi connectivity index (χ4v) is 0.941. The van der Waals surface area contributed by atoms with E-state index in [1.165, 1.54) is 0 Å². The van der Waals surface area contributed by atoms with Crippen LogP contribution in [0.2, 0.25) is 0 Å². The topological polar surface area (TPSA) is 34.1 Å². The number of rotatable bonds is 3. The number of hydrogen-bond donors (Lipinski definition) is 0. The third-order valence-electron chi connectivity index (χ3n) is 0.945. The number of hydrogen-bond acceptors (Lipinski definition) is 2. The largest absolute Gasteiger partial charge is 0.406 e. The Hall–Kier alpha value is 0.0900. The molecule has 0 saturated carbocycles. The van der Waals surface area contributed by atoms with Gasteiger partial charge in [0.15, 0.2) is 11.7 Å². The minimum Gasteiger partial charge on any atom is -0.296 e. The Morgan fingerprint density at radius 1 is 1.33 bits per heavy atom. The zero-order valence-electron chi connectivity index (χ0n) is 5.36. The van der Waals surface area contributed by atoms with Gasteiger partial charge >= 0.3 is 6.18 Å². The number of halogens is 5. The van der Waals surface area contributed by atoms with Crippen LogP contribution >= 0.6 is 31.9 Å². The molecule has 0 spiro atoms. The van der Waals surface area contributed by atoms with Gasteiger partial charge in [0.2, 0.25) is 6.29 Å². The van der Waals surface area contributed by atoms with Gasteiger partial charge < -0.3 is 0 Å². The van der Waals surface area contributed by atoms with Gasteiger partial charge in [0.1, 0.15) is 3.74 Å². The molecule has 0 N–H and O–H groups in total. The second kappa shape index (κ2) is 4.36. The lowest BCUT2D eigenvalue weighted by Gasteiger charge is -2.12. The van der Waals surface area contributed by atoms with E-state index >= 15 is 0 Å². The molecule has 0 rings (SSSR count). The summed E-state index contributed by atoms with van der Waals surface area (Å²) in [7, 11) is 0. The van der Waals surface area contributed by atoms with Crippen molar-refractivity contribution in [2.45, 2.75) is 9.91 Å². The molecular weight excluding hydrogens is 309 g/mol. The summed E-state index contributed by atoms with van der Waals surface area (Å²) in [6, 6.07) is 0. The molecule has 0 aromatic rings. The first-order valence-electron chi connectivity index (χ1n) is 2.57. The smallest absolute Gasteiger partial charge is 0.296 e. The highest BCUT2D eigenvalue weighted by Crippen LogP contribution is 2.28. The molecule has 1 radical (unpaired) electrons. The monoisotopic (exact) mass is 309 g/mol. The molecule has 1 atom stereocenters. The van der Waals surface area contributed by atoms with E-state index in [0.29, 0.717) is 6.29 Å². The maximum Gasteiger partial charge on any atom is 0.406 e. The van der Waals surface area contributed by atoms with Crippen LogP contribution in [0.4, 0.5) is 13.2 Å². The maximum absolute atomic E-state index is 11.8. The molecule has 0 aliphatic rings. The fraction of sp³-hybridized carbons (Fsp3) is 0.600. The Morgan fingerprint density at radius 3 is 1.83 bits per heavy atom. The second-order valence-corrected chi connectivity index (χ2v) is 4.86. The highest BCUT2D eigenvalue weighted by molar-refractivity contribution is 9.25. The van der Waals surface area contributed by atoms with Gasteiger partial charge in [-0.05, 0) is 0 Å². The lowest BCUT2D eigenvalue weighted by molar-refractivity contribution is -0.165. The minimum absolute atomic E-state index is 0.639. The van der Waals surface area contributed by atoms with E-state index < -0.39 is 21.6 Å². The summed E-state index contributed by atoms with van der Waals surface area (Å²) in [5, 5.41) is 0. The summed E-state index contributed by atoms with van der Waals surface area (Å²) < 4.78 is 34.2. The molecule has 0 aromatic carbocycles. The summed E-state index contributed by atoms with van der Waals surface area (Å²) in [5.41, 5.74) is 0. The number of ketones is 1. The number of Topliss-reactive ketones (excluding diaryl/α,β-unsaturated/α-hetero) is 1. The average Bonchev–Trinajstić information content (AvgIpc) is 1.85. The Labute approximate surface area is 82.8 Å². The van der Waals surface area contributed by atoms with E-state index in [1.807, 2.05) is 0 Å². The summed E-state index contributed by atoms with van der Waals surface area (Å²) in [5.74, 6) is -3.99. The molecule has 0 fully saturated rings. The predicted octanol–water partition coefficient (Wildman–Crippen LogP) is 1.96. The van der Waals surface area contributed by atoms with Crippen molar-refractivity contribution in [3.63, 3.8) is 0 Å². The lowest BCUT2D eigenvalue weighted by atomic mass is 10.1. The minimum atomic E-state index is -4.86. The van der Waals surface area contributed by atoms with Crippen LogP contribution in [0.3, 0.4) is 0 Å². The summed E-state index contributed by atoms with van der Waals surface area (Å²) in [6.07, 6.45) is -4.22. The molecule has 1 unspecified atom stereocenters. The number of alkyl halides is 5. The summed E-state index contributed by atoms with van der Waals surface area (Å²) in [4.78, 5) is 20.4. The first-order chi connectivity index (χ1) is 5.30. The summed E-state index contributed by atoms with van der Waals surface area (Å²) >= 11 is 5.12. The quantitative estimate of drug-likeness (QED) is 0.590.